The number of hydrogen-bond acceptors (Lipinski definition) is 2. The van der Waals surface area contributed by atoms with E-state index in [0.29, 0.717) is 28.7 Å². The van der Waals surface area contributed by atoms with Gasteiger partial charge in [-0.1, -0.05) is 53.0 Å². The van der Waals surface area contributed by atoms with Crippen LogP contribution in [0.15, 0.2) is 42.5 Å². The lowest BCUT2D eigenvalue weighted by Gasteiger charge is -2.08. The molecule has 0 aliphatic heterocycles. The lowest BCUT2D eigenvalue weighted by atomic mass is 10.1. The minimum absolute atomic E-state index is 0.0936. The van der Waals surface area contributed by atoms with Gasteiger partial charge in [-0.15, -0.1) is 0 Å². The maximum Gasteiger partial charge on any atom is 0.228 e. The summed E-state index contributed by atoms with van der Waals surface area (Å²) in [6.45, 7) is 2.48. The molecule has 0 spiro atoms. The summed E-state index contributed by atoms with van der Waals surface area (Å²) in [5.41, 5.74) is 2.69. The predicted octanol–water partition coefficient (Wildman–Crippen LogP) is 4.19. The second kappa shape index (κ2) is 7.46. The Balaban J connectivity index is 1.51. The normalized spacial score (nSPS) is 18.5. The molecule has 0 aromatic heterocycles. The zero-order valence-electron chi connectivity index (χ0n) is 13.7. The van der Waals surface area contributed by atoms with Crippen molar-refractivity contribution < 1.29 is 9.59 Å². The van der Waals surface area contributed by atoms with E-state index in [1.54, 1.807) is 18.2 Å². The van der Waals surface area contributed by atoms with Gasteiger partial charge < -0.3 is 10.6 Å². The molecule has 1 aliphatic carbocycles. The van der Waals surface area contributed by atoms with Gasteiger partial charge in [0.25, 0.3) is 0 Å². The van der Waals surface area contributed by atoms with Crippen LogP contribution in [-0.4, -0.2) is 11.8 Å². The van der Waals surface area contributed by atoms with Crippen LogP contribution in [0.5, 0.6) is 0 Å². The van der Waals surface area contributed by atoms with Crippen LogP contribution < -0.4 is 10.6 Å². The number of carbonyl (C=O) groups is 2. The molecule has 0 heterocycles. The summed E-state index contributed by atoms with van der Waals surface area (Å²) in [5.74, 6) is -0.885. The first-order valence-corrected chi connectivity index (χ1v) is 8.79. The van der Waals surface area contributed by atoms with Crippen molar-refractivity contribution in [2.45, 2.75) is 19.9 Å². The van der Waals surface area contributed by atoms with E-state index in [1.807, 2.05) is 31.2 Å². The van der Waals surface area contributed by atoms with Crippen molar-refractivity contribution in [2.75, 3.05) is 5.32 Å². The van der Waals surface area contributed by atoms with Gasteiger partial charge in [0.05, 0.1) is 22.5 Å². The van der Waals surface area contributed by atoms with Gasteiger partial charge in [-0.3, -0.25) is 9.59 Å². The van der Waals surface area contributed by atoms with E-state index in [2.05, 4.69) is 10.6 Å². The van der Waals surface area contributed by atoms with E-state index in [4.69, 9.17) is 23.2 Å². The van der Waals surface area contributed by atoms with E-state index in [9.17, 15) is 9.59 Å². The van der Waals surface area contributed by atoms with Crippen molar-refractivity contribution in [3.05, 3.63) is 63.6 Å². The molecule has 25 heavy (non-hydrogen) atoms. The molecular formula is C19H18Cl2N2O2. The molecule has 2 N–H and O–H groups in total. The molecule has 2 aromatic rings. The second-order valence-corrected chi connectivity index (χ2v) is 7.11. The zero-order valence-corrected chi connectivity index (χ0v) is 15.2. The van der Waals surface area contributed by atoms with Crippen LogP contribution in [0, 0.1) is 18.8 Å². The molecule has 2 amide bonds. The number of carbonyl (C=O) groups excluding carboxylic acids is 2. The maximum atomic E-state index is 12.3. The number of aryl methyl sites for hydroxylation is 1. The molecule has 2 unspecified atom stereocenters. The van der Waals surface area contributed by atoms with E-state index < -0.39 is 0 Å². The fraction of sp³-hybridized carbons (Fsp3) is 0.263. The van der Waals surface area contributed by atoms with Crippen LogP contribution in [0.1, 0.15) is 17.5 Å². The van der Waals surface area contributed by atoms with Crippen molar-refractivity contribution in [1.82, 2.24) is 5.32 Å². The Bertz CT molecular complexity index is 823. The van der Waals surface area contributed by atoms with Gasteiger partial charge >= 0.3 is 0 Å². The van der Waals surface area contributed by atoms with Crippen molar-refractivity contribution in [3.63, 3.8) is 0 Å². The monoisotopic (exact) mass is 376 g/mol. The fourth-order valence-corrected chi connectivity index (χ4v) is 3.19. The first kappa shape index (κ1) is 17.8. The number of rotatable bonds is 5. The lowest BCUT2D eigenvalue weighted by Crippen LogP contribution is -2.27. The Morgan fingerprint density at radius 1 is 1.08 bits per heavy atom. The quantitative estimate of drug-likeness (QED) is 0.821. The van der Waals surface area contributed by atoms with Crippen molar-refractivity contribution in [2.24, 2.45) is 11.8 Å². The number of hydrogen-bond donors (Lipinski definition) is 2. The summed E-state index contributed by atoms with van der Waals surface area (Å²) >= 11 is 11.9. The molecular weight excluding hydrogens is 359 g/mol. The third-order valence-corrected chi connectivity index (χ3v) is 4.75. The number of amides is 2. The topological polar surface area (TPSA) is 58.2 Å². The number of benzene rings is 2. The Hall–Kier alpha value is -2.04. The Labute approximate surface area is 156 Å². The van der Waals surface area contributed by atoms with E-state index in [1.165, 1.54) is 0 Å². The van der Waals surface area contributed by atoms with Crippen LogP contribution in [-0.2, 0) is 16.1 Å². The summed E-state index contributed by atoms with van der Waals surface area (Å²) in [6, 6.07) is 12.8. The lowest BCUT2D eigenvalue weighted by molar-refractivity contribution is -0.125. The SMILES string of the molecule is Cc1cccc(CNC(=O)C2CC2C(=O)Nc2ccc(Cl)cc2Cl)c1. The van der Waals surface area contributed by atoms with Gasteiger partial charge in [-0.2, -0.15) is 0 Å². The van der Waals surface area contributed by atoms with E-state index >= 15 is 0 Å². The second-order valence-electron chi connectivity index (χ2n) is 6.27. The van der Waals surface area contributed by atoms with Crippen LogP contribution >= 0.6 is 23.2 Å². The summed E-state index contributed by atoms with van der Waals surface area (Å²) in [7, 11) is 0. The van der Waals surface area contributed by atoms with E-state index in [-0.39, 0.29) is 23.7 Å². The van der Waals surface area contributed by atoms with Crippen molar-refractivity contribution in [3.8, 4) is 0 Å². The standard InChI is InChI=1S/C19H18Cl2N2O2/c1-11-3-2-4-12(7-11)10-22-18(24)14-9-15(14)19(25)23-17-6-5-13(20)8-16(17)21/h2-8,14-15H,9-10H2,1H3,(H,22,24)(H,23,25). The van der Waals surface area contributed by atoms with Gasteiger partial charge in [0.1, 0.15) is 0 Å². The van der Waals surface area contributed by atoms with Gasteiger partial charge in [-0.05, 0) is 37.1 Å². The minimum Gasteiger partial charge on any atom is -0.352 e. The smallest absolute Gasteiger partial charge is 0.228 e. The summed E-state index contributed by atoms with van der Waals surface area (Å²) in [4.78, 5) is 24.5. The van der Waals surface area contributed by atoms with Crippen molar-refractivity contribution in [1.29, 1.82) is 0 Å². The van der Waals surface area contributed by atoms with Crippen LogP contribution in [0.3, 0.4) is 0 Å². The molecule has 1 aliphatic rings. The van der Waals surface area contributed by atoms with Crippen LogP contribution in [0.25, 0.3) is 0 Å². The Morgan fingerprint density at radius 2 is 1.84 bits per heavy atom. The largest absolute Gasteiger partial charge is 0.352 e. The first-order valence-electron chi connectivity index (χ1n) is 8.03. The molecule has 2 atom stereocenters. The van der Waals surface area contributed by atoms with Crippen molar-refractivity contribution >= 4 is 40.7 Å². The summed E-state index contributed by atoms with van der Waals surface area (Å²) in [6.07, 6.45) is 0.552. The van der Waals surface area contributed by atoms with Crippen LogP contribution in [0.4, 0.5) is 5.69 Å². The fourth-order valence-electron chi connectivity index (χ4n) is 2.73. The molecule has 1 saturated carbocycles. The Morgan fingerprint density at radius 3 is 2.56 bits per heavy atom. The molecule has 2 aromatic carbocycles. The molecule has 0 radical (unpaired) electrons. The molecule has 3 rings (SSSR count). The average molecular weight is 377 g/mol. The predicted molar refractivity (Wildman–Crippen MR) is 99.7 cm³/mol. The highest BCUT2D eigenvalue weighted by molar-refractivity contribution is 6.36. The molecule has 0 bridgehead atoms. The number of halogens is 2. The minimum atomic E-state index is -0.316. The summed E-state index contributed by atoms with van der Waals surface area (Å²) < 4.78 is 0. The van der Waals surface area contributed by atoms with Gasteiger partial charge in [0, 0.05) is 11.6 Å². The number of nitrogens with one attached hydrogen (secondary N) is 2. The molecule has 4 nitrogen and oxygen atoms in total. The third kappa shape index (κ3) is 4.53. The van der Waals surface area contributed by atoms with E-state index in [0.717, 1.165) is 11.1 Å². The average Bonchev–Trinajstić information content (AvgIpc) is 3.36. The molecule has 6 heteroatoms. The maximum absolute atomic E-state index is 12.3. The molecule has 130 valence electrons. The van der Waals surface area contributed by atoms with Gasteiger partial charge in [0.2, 0.25) is 11.8 Å². The highest BCUT2D eigenvalue weighted by atomic mass is 35.5. The van der Waals surface area contributed by atoms with Gasteiger partial charge in [0.15, 0.2) is 0 Å². The highest BCUT2D eigenvalue weighted by Crippen LogP contribution is 2.40. The zero-order chi connectivity index (χ0) is 18.0. The molecule has 0 saturated heterocycles. The van der Waals surface area contributed by atoms with Crippen LogP contribution in [0.2, 0.25) is 10.0 Å². The highest BCUT2D eigenvalue weighted by Gasteiger charge is 2.48. The number of anilines is 1. The molecule has 1 fully saturated rings. The third-order valence-electron chi connectivity index (χ3n) is 4.20. The summed E-state index contributed by atoms with van der Waals surface area (Å²) in [5, 5.41) is 6.53. The first-order chi connectivity index (χ1) is 11.9. The van der Waals surface area contributed by atoms with Gasteiger partial charge in [-0.25, -0.2) is 0 Å². The Kier molecular flexibility index (Phi) is 5.30.